The number of hydrogen-bond donors (Lipinski definition) is 0. The van der Waals surface area contributed by atoms with Crippen molar-refractivity contribution in [3.05, 3.63) is 53.6 Å². The fourth-order valence-corrected chi connectivity index (χ4v) is 4.48. The fraction of sp³-hybridized carbons (Fsp3) is 0.360. The summed E-state index contributed by atoms with van der Waals surface area (Å²) in [6, 6.07) is 12.4. The maximum Gasteiger partial charge on any atom is 0.308 e. The topological polar surface area (TPSA) is 93.2 Å². The fourth-order valence-electron chi connectivity index (χ4n) is 4.48. The van der Waals surface area contributed by atoms with E-state index in [1.807, 2.05) is 23.1 Å². The van der Waals surface area contributed by atoms with Crippen molar-refractivity contribution in [1.82, 2.24) is 4.90 Å². The van der Waals surface area contributed by atoms with Gasteiger partial charge in [0, 0.05) is 50.7 Å². The zero-order chi connectivity index (χ0) is 23.5. The van der Waals surface area contributed by atoms with Gasteiger partial charge in [-0.2, -0.15) is 0 Å². The van der Waals surface area contributed by atoms with Crippen molar-refractivity contribution in [1.29, 1.82) is 0 Å². The lowest BCUT2D eigenvalue weighted by molar-refractivity contribution is -0.134. The third kappa shape index (κ3) is 4.89. The zero-order valence-electron chi connectivity index (χ0n) is 18.7. The molecule has 172 valence electrons. The molecule has 0 bridgehead atoms. The molecule has 4 rings (SSSR count). The summed E-state index contributed by atoms with van der Waals surface area (Å²) in [5.41, 5.74) is 2.49. The number of likely N-dealkylation sites (tertiary alicyclic amines) is 1. The highest BCUT2D eigenvalue weighted by Gasteiger charge is 2.34. The molecule has 0 aromatic heterocycles. The van der Waals surface area contributed by atoms with Gasteiger partial charge in [-0.15, -0.1) is 0 Å². The van der Waals surface area contributed by atoms with E-state index < -0.39 is 11.9 Å². The van der Waals surface area contributed by atoms with Crippen LogP contribution in [0.15, 0.2) is 42.5 Å². The third-order valence-corrected chi connectivity index (χ3v) is 5.94. The summed E-state index contributed by atoms with van der Waals surface area (Å²) in [6.45, 7) is 3.48. The largest absolute Gasteiger partial charge is 0.423 e. The predicted octanol–water partition coefficient (Wildman–Crippen LogP) is 3.12. The molecule has 33 heavy (non-hydrogen) atoms. The maximum atomic E-state index is 13.1. The van der Waals surface area contributed by atoms with E-state index in [0.717, 1.165) is 12.1 Å². The zero-order valence-corrected chi connectivity index (χ0v) is 18.7. The molecule has 0 spiro atoms. The molecule has 2 heterocycles. The van der Waals surface area contributed by atoms with E-state index >= 15 is 0 Å². The lowest BCUT2D eigenvalue weighted by atomic mass is 9.95. The number of fused-ring (bicyclic) bond motifs is 1. The van der Waals surface area contributed by atoms with Crippen molar-refractivity contribution in [2.75, 3.05) is 18.0 Å². The molecule has 0 atom stereocenters. The van der Waals surface area contributed by atoms with Gasteiger partial charge < -0.3 is 19.3 Å². The summed E-state index contributed by atoms with van der Waals surface area (Å²) in [4.78, 5) is 52.2. The Bertz CT molecular complexity index is 1100. The Labute approximate surface area is 192 Å². The minimum absolute atomic E-state index is 0.0222. The highest BCUT2D eigenvalue weighted by atomic mass is 16.6. The van der Waals surface area contributed by atoms with Crippen LogP contribution in [0.2, 0.25) is 0 Å². The summed E-state index contributed by atoms with van der Waals surface area (Å²) >= 11 is 0. The van der Waals surface area contributed by atoms with Crippen molar-refractivity contribution in [2.45, 2.75) is 45.6 Å². The van der Waals surface area contributed by atoms with E-state index in [2.05, 4.69) is 6.07 Å². The number of anilines is 1. The van der Waals surface area contributed by atoms with Gasteiger partial charge in [-0.25, -0.2) is 0 Å². The van der Waals surface area contributed by atoms with E-state index in [1.54, 1.807) is 11.0 Å². The molecule has 0 N–H and O–H groups in total. The number of benzene rings is 2. The molecule has 0 radical (unpaired) electrons. The summed E-state index contributed by atoms with van der Waals surface area (Å²) in [5, 5.41) is 0. The Balaban J connectivity index is 1.47. The van der Waals surface area contributed by atoms with Crippen LogP contribution in [0, 0.1) is 0 Å². The van der Waals surface area contributed by atoms with Gasteiger partial charge in [-0.05, 0) is 49.1 Å². The lowest BCUT2D eigenvalue weighted by Crippen LogP contribution is -2.50. The van der Waals surface area contributed by atoms with Crippen molar-refractivity contribution in [3.63, 3.8) is 0 Å². The van der Waals surface area contributed by atoms with Gasteiger partial charge in [-0.3, -0.25) is 19.2 Å². The molecule has 8 heteroatoms. The molecule has 1 fully saturated rings. The summed E-state index contributed by atoms with van der Waals surface area (Å²) < 4.78 is 10.2. The van der Waals surface area contributed by atoms with Crippen molar-refractivity contribution < 1.29 is 28.7 Å². The number of nitrogens with zero attached hydrogens (tertiary/aromatic N) is 2. The van der Waals surface area contributed by atoms with Crippen LogP contribution in [0.3, 0.4) is 0 Å². The molecule has 2 aliphatic rings. The van der Waals surface area contributed by atoms with Crippen LogP contribution in [0.4, 0.5) is 5.69 Å². The second kappa shape index (κ2) is 9.44. The molecule has 2 aromatic carbocycles. The molecular formula is C25H26N2O6. The van der Waals surface area contributed by atoms with Gasteiger partial charge in [-0.1, -0.05) is 18.2 Å². The first-order valence-electron chi connectivity index (χ1n) is 11.0. The number of carbonyl (C=O) groups excluding carboxylic acids is 4. The quantitative estimate of drug-likeness (QED) is 0.525. The van der Waals surface area contributed by atoms with Gasteiger partial charge in [0.15, 0.2) is 11.5 Å². The number of ether oxygens (including phenoxy) is 2. The van der Waals surface area contributed by atoms with Gasteiger partial charge in [0.2, 0.25) is 5.91 Å². The Morgan fingerprint density at radius 2 is 1.55 bits per heavy atom. The number of para-hydroxylation sites is 1. The van der Waals surface area contributed by atoms with Crippen molar-refractivity contribution in [3.8, 4) is 11.5 Å². The average Bonchev–Trinajstić information content (AvgIpc) is 2.79. The SMILES string of the molecule is CC(=O)Oc1ccc(C(=O)N2CCC(N3C(=O)CCc4ccccc43)CC2)cc1OC(C)=O. The van der Waals surface area contributed by atoms with Gasteiger partial charge >= 0.3 is 11.9 Å². The lowest BCUT2D eigenvalue weighted by Gasteiger charge is -2.41. The van der Waals surface area contributed by atoms with E-state index in [0.29, 0.717) is 37.9 Å². The third-order valence-electron chi connectivity index (χ3n) is 5.94. The normalized spacial score (nSPS) is 16.2. The van der Waals surface area contributed by atoms with E-state index in [4.69, 9.17) is 9.47 Å². The second-order valence-electron chi connectivity index (χ2n) is 8.26. The Morgan fingerprint density at radius 1 is 0.879 bits per heavy atom. The van der Waals surface area contributed by atoms with Crippen molar-refractivity contribution >= 4 is 29.4 Å². The molecular weight excluding hydrogens is 424 g/mol. The Hall–Kier alpha value is -3.68. The minimum Gasteiger partial charge on any atom is -0.423 e. The molecule has 2 aromatic rings. The number of aryl methyl sites for hydroxylation is 1. The number of hydrogen-bond acceptors (Lipinski definition) is 6. The second-order valence-corrected chi connectivity index (χ2v) is 8.26. The highest BCUT2D eigenvalue weighted by Crippen LogP contribution is 2.33. The smallest absolute Gasteiger partial charge is 0.308 e. The van der Waals surface area contributed by atoms with E-state index in [1.165, 1.54) is 31.5 Å². The number of rotatable bonds is 4. The van der Waals surface area contributed by atoms with Gasteiger partial charge in [0.25, 0.3) is 5.91 Å². The number of piperidine rings is 1. The number of carbonyl (C=O) groups is 4. The molecule has 2 amide bonds. The molecule has 1 saturated heterocycles. The summed E-state index contributed by atoms with van der Waals surface area (Å²) in [5.74, 6) is -1.12. The number of esters is 2. The Morgan fingerprint density at radius 3 is 2.24 bits per heavy atom. The molecule has 0 unspecified atom stereocenters. The van der Waals surface area contributed by atoms with Crippen molar-refractivity contribution in [2.24, 2.45) is 0 Å². The first-order valence-corrected chi connectivity index (χ1v) is 11.0. The van der Waals surface area contributed by atoms with E-state index in [9.17, 15) is 19.2 Å². The minimum atomic E-state index is -0.583. The van der Waals surface area contributed by atoms with Gasteiger partial charge in [0.1, 0.15) is 0 Å². The van der Waals surface area contributed by atoms with Crippen LogP contribution in [0.1, 0.15) is 49.0 Å². The van der Waals surface area contributed by atoms with E-state index in [-0.39, 0.29) is 29.4 Å². The molecule has 0 saturated carbocycles. The first kappa shape index (κ1) is 22.5. The van der Waals surface area contributed by atoms with Crippen LogP contribution < -0.4 is 14.4 Å². The summed E-state index contributed by atoms with van der Waals surface area (Å²) in [6.07, 6.45) is 2.61. The Kier molecular flexibility index (Phi) is 6.44. The summed E-state index contributed by atoms with van der Waals surface area (Å²) in [7, 11) is 0. The number of amides is 2. The molecule has 2 aliphatic heterocycles. The molecule has 8 nitrogen and oxygen atoms in total. The van der Waals surface area contributed by atoms with Crippen LogP contribution in [-0.2, 0) is 20.8 Å². The van der Waals surface area contributed by atoms with Crippen LogP contribution >= 0.6 is 0 Å². The van der Waals surface area contributed by atoms with Gasteiger partial charge in [0.05, 0.1) is 0 Å². The highest BCUT2D eigenvalue weighted by molar-refractivity contribution is 5.97. The monoisotopic (exact) mass is 450 g/mol. The average molecular weight is 450 g/mol. The first-order chi connectivity index (χ1) is 15.8. The van der Waals surface area contributed by atoms with Crippen LogP contribution in [-0.4, -0.2) is 47.8 Å². The van der Waals surface area contributed by atoms with Crippen LogP contribution in [0.25, 0.3) is 0 Å². The standard InChI is InChI=1S/C25H26N2O6/c1-16(28)32-22-9-7-19(15-23(22)33-17(2)29)25(31)26-13-11-20(12-14-26)27-21-6-4-3-5-18(21)8-10-24(27)30/h3-7,9,15,20H,8,10-14H2,1-2H3. The molecule has 0 aliphatic carbocycles. The van der Waals surface area contributed by atoms with Crippen LogP contribution in [0.5, 0.6) is 11.5 Å². The maximum absolute atomic E-state index is 13.1. The predicted molar refractivity (Wildman–Crippen MR) is 120 cm³/mol.